The number of hydrogen-bond acceptors (Lipinski definition) is 4. The highest BCUT2D eigenvalue weighted by Gasteiger charge is 2.42. The molecule has 1 aromatic carbocycles. The quantitative estimate of drug-likeness (QED) is 0.879. The molecule has 24 heavy (non-hydrogen) atoms. The molecule has 6 heteroatoms. The summed E-state index contributed by atoms with van der Waals surface area (Å²) in [6, 6.07) is 4.80. The zero-order valence-corrected chi connectivity index (χ0v) is 14.4. The molecule has 1 unspecified atom stereocenters. The van der Waals surface area contributed by atoms with Gasteiger partial charge in [0.1, 0.15) is 11.4 Å². The van der Waals surface area contributed by atoms with Gasteiger partial charge in [0.2, 0.25) is 0 Å². The standard InChI is InChI=1S/C18H26FN3O2/c1-13(20-17(23)18(24)6-3-7-18)14-4-5-16(15(19)12-14)22-10-8-21(2)9-11-22/h4-5,12-13,24H,3,6-11H2,1-2H3,(H,20,23). The Kier molecular flexibility index (Phi) is 4.78. The first-order valence-corrected chi connectivity index (χ1v) is 8.65. The van der Waals surface area contributed by atoms with Gasteiger partial charge in [-0.05, 0) is 50.9 Å². The average Bonchev–Trinajstić information content (AvgIpc) is 2.53. The summed E-state index contributed by atoms with van der Waals surface area (Å²) in [5, 5.41) is 12.9. The van der Waals surface area contributed by atoms with Crippen LogP contribution in [0.15, 0.2) is 18.2 Å². The molecule has 0 bridgehead atoms. The number of halogens is 1. The van der Waals surface area contributed by atoms with Gasteiger partial charge in [0.05, 0.1) is 11.7 Å². The second kappa shape index (κ2) is 6.69. The maximum absolute atomic E-state index is 14.5. The molecule has 1 amide bonds. The SMILES string of the molecule is CC(NC(=O)C1(O)CCC1)c1ccc(N2CCN(C)CC2)c(F)c1. The summed E-state index contributed by atoms with van der Waals surface area (Å²) < 4.78 is 14.5. The molecule has 132 valence electrons. The van der Waals surface area contributed by atoms with Crippen molar-refractivity contribution >= 4 is 11.6 Å². The molecule has 0 aromatic heterocycles. The van der Waals surface area contributed by atoms with Crippen LogP contribution in [0.1, 0.15) is 37.8 Å². The van der Waals surface area contributed by atoms with Crippen molar-refractivity contribution in [2.24, 2.45) is 0 Å². The van der Waals surface area contributed by atoms with E-state index >= 15 is 0 Å². The Morgan fingerprint density at radius 2 is 1.96 bits per heavy atom. The lowest BCUT2D eigenvalue weighted by atomic mass is 9.79. The molecule has 1 saturated carbocycles. The fourth-order valence-corrected chi connectivity index (χ4v) is 3.25. The van der Waals surface area contributed by atoms with E-state index in [4.69, 9.17) is 0 Å². The molecule has 0 spiro atoms. The van der Waals surface area contributed by atoms with Crippen LogP contribution in [0, 0.1) is 5.82 Å². The Morgan fingerprint density at radius 1 is 1.29 bits per heavy atom. The van der Waals surface area contributed by atoms with Crippen molar-refractivity contribution in [3.05, 3.63) is 29.6 Å². The molecule has 3 rings (SSSR count). The molecule has 1 atom stereocenters. The van der Waals surface area contributed by atoms with E-state index in [1.165, 1.54) is 6.07 Å². The Bertz CT molecular complexity index is 610. The number of nitrogens with one attached hydrogen (secondary N) is 1. The molecular weight excluding hydrogens is 309 g/mol. The molecule has 1 aliphatic carbocycles. The second-order valence-corrected chi connectivity index (χ2v) is 7.08. The highest BCUT2D eigenvalue weighted by atomic mass is 19.1. The number of anilines is 1. The van der Waals surface area contributed by atoms with Gasteiger partial charge in [-0.3, -0.25) is 4.79 Å². The van der Waals surface area contributed by atoms with Crippen LogP contribution in [-0.2, 0) is 4.79 Å². The Labute approximate surface area is 142 Å². The van der Waals surface area contributed by atoms with Gasteiger partial charge in [-0.25, -0.2) is 4.39 Å². The predicted molar refractivity (Wildman–Crippen MR) is 91.5 cm³/mol. The van der Waals surface area contributed by atoms with Gasteiger partial charge < -0.3 is 20.2 Å². The van der Waals surface area contributed by atoms with E-state index in [-0.39, 0.29) is 17.8 Å². The molecule has 1 aliphatic heterocycles. The van der Waals surface area contributed by atoms with Gasteiger partial charge in [0, 0.05) is 26.2 Å². The molecular formula is C18H26FN3O2. The summed E-state index contributed by atoms with van der Waals surface area (Å²) in [4.78, 5) is 16.4. The second-order valence-electron chi connectivity index (χ2n) is 7.08. The van der Waals surface area contributed by atoms with Crippen LogP contribution in [0.3, 0.4) is 0 Å². The number of nitrogens with zero attached hydrogens (tertiary/aromatic N) is 2. The van der Waals surface area contributed by atoms with E-state index in [1.54, 1.807) is 6.07 Å². The number of carbonyl (C=O) groups excluding carboxylic acids is 1. The van der Waals surface area contributed by atoms with E-state index in [0.717, 1.165) is 32.6 Å². The topological polar surface area (TPSA) is 55.8 Å². The lowest BCUT2D eigenvalue weighted by Gasteiger charge is -2.36. The maximum atomic E-state index is 14.5. The number of aliphatic hydroxyl groups is 1. The summed E-state index contributed by atoms with van der Waals surface area (Å²) in [5.74, 6) is -0.620. The van der Waals surface area contributed by atoms with Crippen LogP contribution < -0.4 is 10.2 Å². The summed E-state index contributed by atoms with van der Waals surface area (Å²) in [6.45, 7) is 5.28. The molecule has 2 N–H and O–H groups in total. The summed E-state index contributed by atoms with van der Waals surface area (Å²) in [6.07, 6.45) is 1.87. The van der Waals surface area contributed by atoms with Crippen molar-refractivity contribution in [3.63, 3.8) is 0 Å². The number of amides is 1. The molecule has 1 saturated heterocycles. The molecule has 0 radical (unpaired) electrons. The minimum Gasteiger partial charge on any atom is -0.380 e. The number of carbonyl (C=O) groups is 1. The third kappa shape index (κ3) is 3.39. The van der Waals surface area contributed by atoms with E-state index in [2.05, 4.69) is 22.2 Å². The maximum Gasteiger partial charge on any atom is 0.252 e. The summed E-state index contributed by atoms with van der Waals surface area (Å²) >= 11 is 0. The van der Waals surface area contributed by atoms with Crippen LogP contribution in [-0.4, -0.2) is 54.7 Å². The normalized spacial score (nSPS) is 21.9. The molecule has 5 nitrogen and oxygen atoms in total. The van der Waals surface area contributed by atoms with Crippen molar-refractivity contribution in [3.8, 4) is 0 Å². The zero-order chi connectivity index (χ0) is 17.3. The first kappa shape index (κ1) is 17.2. The van der Waals surface area contributed by atoms with Crippen LogP contribution in [0.2, 0.25) is 0 Å². The van der Waals surface area contributed by atoms with Gasteiger partial charge in [-0.15, -0.1) is 0 Å². The Balaban J connectivity index is 1.66. The summed E-state index contributed by atoms with van der Waals surface area (Å²) in [5.41, 5.74) is 0.0942. The van der Waals surface area contributed by atoms with Crippen molar-refractivity contribution in [1.29, 1.82) is 0 Å². The average molecular weight is 335 g/mol. The van der Waals surface area contributed by atoms with Gasteiger partial charge in [0.25, 0.3) is 5.91 Å². The van der Waals surface area contributed by atoms with E-state index in [1.807, 2.05) is 13.0 Å². The highest BCUT2D eigenvalue weighted by molar-refractivity contribution is 5.86. The molecule has 1 aromatic rings. The summed E-state index contributed by atoms with van der Waals surface area (Å²) in [7, 11) is 2.07. The lowest BCUT2D eigenvalue weighted by Crippen LogP contribution is -2.52. The first-order valence-electron chi connectivity index (χ1n) is 8.65. The van der Waals surface area contributed by atoms with Crippen LogP contribution in [0.25, 0.3) is 0 Å². The fraction of sp³-hybridized carbons (Fsp3) is 0.611. The monoisotopic (exact) mass is 335 g/mol. The van der Waals surface area contributed by atoms with E-state index in [0.29, 0.717) is 24.1 Å². The minimum atomic E-state index is -1.23. The Hall–Kier alpha value is -1.66. The van der Waals surface area contributed by atoms with Gasteiger partial charge >= 0.3 is 0 Å². The third-order valence-corrected chi connectivity index (χ3v) is 5.27. The van der Waals surface area contributed by atoms with Crippen molar-refractivity contribution in [2.75, 3.05) is 38.1 Å². The van der Waals surface area contributed by atoms with Crippen LogP contribution >= 0.6 is 0 Å². The molecule has 1 heterocycles. The van der Waals surface area contributed by atoms with Crippen molar-refractivity contribution in [1.82, 2.24) is 10.2 Å². The number of hydrogen-bond donors (Lipinski definition) is 2. The third-order valence-electron chi connectivity index (χ3n) is 5.27. The predicted octanol–water partition coefficient (Wildman–Crippen LogP) is 1.67. The highest BCUT2D eigenvalue weighted by Crippen LogP contribution is 2.32. The van der Waals surface area contributed by atoms with E-state index < -0.39 is 5.60 Å². The first-order chi connectivity index (χ1) is 11.4. The molecule has 2 fully saturated rings. The van der Waals surface area contributed by atoms with Gasteiger partial charge in [0.15, 0.2) is 0 Å². The minimum absolute atomic E-state index is 0.263. The van der Waals surface area contributed by atoms with Crippen LogP contribution in [0.5, 0.6) is 0 Å². The number of benzene rings is 1. The zero-order valence-electron chi connectivity index (χ0n) is 14.4. The van der Waals surface area contributed by atoms with Gasteiger partial charge in [-0.2, -0.15) is 0 Å². The van der Waals surface area contributed by atoms with Gasteiger partial charge in [-0.1, -0.05) is 6.07 Å². The van der Waals surface area contributed by atoms with E-state index in [9.17, 15) is 14.3 Å². The smallest absolute Gasteiger partial charge is 0.252 e. The largest absolute Gasteiger partial charge is 0.380 e. The van der Waals surface area contributed by atoms with Crippen molar-refractivity contribution < 1.29 is 14.3 Å². The number of rotatable bonds is 4. The number of piperazine rings is 1. The van der Waals surface area contributed by atoms with Crippen molar-refractivity contribution in [2.45, 2.75) is 37.8 Å². The van der Waals surface area contributed by atoms with Crippen LogP contribution in [0.4, 0.5) is 10.1 Å². The lowest BCUT2D eigenvalue weighted by molar-refractivity contribution is -0.149. The number of likely N-dealkylation sites (N-methyl/N-ethyl adjacent to an activating group) is 1. The molecule has 2 aliphatic rings. The fourth-order valence-electron chi connectivity index (χ4n) is 3.25. The Morgan fingerprint density at radius 3 is 2.50 bits per heavy atom.